The second kappa shape index (κ2) is 10.5. The average Bonchev–Trinajstić information content (AvgIpc) is 3.15. The van der Waals surface area contributed by atoms with Crippen LogP contribution >= 0.6 is 0 Å². The Morgan fingerprint density at radius 2 is 1.41 bits per heavy atom. The van der Waals surface area contributed by atoms with Gasteiger partial charge in [0.05, 0.1) is 5.56 Å². The fourth-order valence-corrected chi connectivity index (χ4v) is 3.41. The summed E-state index contributed by atoms with van der Waals surface area (Å²) in [5, 5.41) is 4.62. The third-order valence-corrected chi connectivity index (χ3v) is 4.91. The van der Waals surface area contributed by atoms with Crippen LogP contribution in [-0.4, -0.2) is 16.1 Å². The quantitative estimate of drug-likeness (QED) is 0.313. The molecule has 2 aromatic carbocycles. The first-order valence-electron chi connectivity index (χ1n) is 9.99. The number of aryl methyl sites for hydroxylation is 2. The van der Waals surface area contributed by atoms with Gasteiger partial charge in [-0.05, 0) is 24.8 Å². The van der Waals surface area contributed by atoms with E-state index in [-0.39, 0.29) is 0 Å². The molecule has 0 radical (unpaired) electrons. The third-order valence-electron chi connectivity index (χ3n) is 4.91. The highest BCUT2D eigenvalue weighted by Crippen LogP contribution is 2.20. The van der Waals surface area contributed by atoms with E-state index < -0.39 is 0 Å². The largest absolute Gasteiger partial charge is 0.298 e. The molecule has 1 heterocycles. The van der Waals surface area contributed by atoms with Crippen LogP contribution in [0.1, 0.15) is 54.4 Å². The smallest absolute Gasteiger partial charge is 0.153 e. The minimum atomic E-state index is 0.669. The summed E-state index contributed by atoms with van der Waals surface area (Å²) in [6.07, 6.45) is 11.4. The van der Waals surface area contributed by atoms with Gasteiger partial charge in [-0.2, -0.15) is 5.10 Å². The van der Waals surface area contributed by atoms with E-state index in [1.807, 2.05) is 41.2 Å². The SMILES string of the molecule is O=Cc1cn(CCCCCCCCc2ccccc2)nc1-c1ccccc1. The van der Waals surface area contributed by atoms with Crippen molar-refractivity contribution in [2.24, 2.45) is 0 Å². The van der Waals surface area contributed by atoms with Crippen molar-refractivity contribution in [2.45, 2.75) is 51.5 Å². The molecule has 0 aliphatic heterocycles. The highest BCUT2D eigenvalue weighted by Gasteiger charge is 2.10. The Bertz CT molecular complexity index is 809. The summed E-state index contributed by atoms with van der Waals surface area (Å²) in [5.41, 5.74) is 3.89. The van der Waals surface area contributed by atoms with Gasteiger partial charge in [0.1, 0.15) is 5.69 Å². The number of nitrogens with zero attached hydrogens (tertiary/aromatic N) is 2. The molecule has 3 heteroatoms. The summed E-state index contributed by atoms with van der Waals surface area (Å²) >= 11 is 0. The number of unbranched alkanes of at least 4 members (excludes halogenated alkanes) is 5. The molecule has 0 N–H and O–H groups in total. The number of hydrogen-bond donors (Lipinski definition) is 0. The van der Waals surface area contributed by atoms with E-state index in [9.17, 15) is 4.79 Å². The van der Waals surface area contributed by atoms with Gasteiger partial charge in [-0.25, -0.2) is 0 Å². The lowest BCUT2D eigenvalue weighted by Crippen LogP contribution is -1.98. The van der Waals surface area contributed by atoms with Crippen LogP contribution in [0.15, 0.2) is 66.9 Å². The standard InChI is InChI=1S/C24H28N2O/c27-20-23-19-26(25-24(23)22-16-10-6-11-17-22)18-12-4-2-1-3-7-13-21-14-8-5-9-15-21/h5-6,8-11,14-17,19-20H,1-4,7,12-13,18H2. The molecule has 140 valence electrons. The number of hydrogen-bond acceptors (Lipinski definition) is 2. The van der Waals surface area contributed by atoms with Gasteiger partial charge in [-0.3, -0.25) is 9.48 Å². The predicted molar refractivity (Wildman–Crippen MR) is 111 cm³/mol. The van der Waals surface area contributed by atoms with E-state index in [2.05, 4.69) is 35.4 Å². The molecule has 0 atom stereocenters. The van der Waals surface area contributed by atoms with E-state index >= 15 is 0 Å². The Morgan fingerprint density at radius 3 is 2.11 bits per heavy atom. The number of rotatable bonds is 11. The maximum atomic E-state index is 11.3. The molecule has 3 nitrogen and oxygen atoms in total. The lowest BCUT2D eigenvalue weighted by molar-refractivity contribution is 0.112. The van der Waals surface area contributed by atoms with Crippen LogP contribution in [0.2, 0.25) is 0 Å². The monoisotopic (exact) mass is 360 g/mol. The van der Waals surface area contributed by atoms with Gasteiger partial charge in [0, 0.05) is 18.3 Å². The van der Waals surface area contributed by atoms with E-state index in [0.29, 0.717) is 5.56 Å². The molecule has 0 spiro atoms. The average molecular weight is 361 g/mol. The molecule has 0 fully saturated rings. The second-order valence-electron chi connectivity index (χ2n) is 7.04. The van der Waals surface area contributed by atoms with Crippen molar-refractivity contribution >= 4 is 6.29 Å². The lowest BCUT2D eigenvalue weighted by Gasteiger charge is -2.03. The first kappa shape index (κ1) is 19.1. The van der Waals surface area contributed by atoms with Crippen LogP contribution < -0.4 is 0 Å². The van der Waals surface area contributed by atoms with Crippen molar-refractivity contribution < 1.29 is 4.79 Å². The summed E-state index contributed by atoms with van der Waals surface area (Å²) < 4.78 is 1.92. The zero-order chi connectivity index (χ0) is 18.7. The third kappa shape index (κ3) is 5.92. The topological polar surface area (TPSA) is 34.9 Å². The molecule has 0 aliphatic rings. The molecule has 3 rings (SSSR count). The number of aldehydes is 1. The Balaban J connectivity index is 1.35. The zero-order valence-electron chi connectivity index (χ0n) is 15.9. The van der Waals surface area contributed by atoms with E-state index in [1.165, 1.54) is 44.1 Å². The molecule has 0 saturated heterocycles. The molecule has 0 saturated carbocycles. The fraction of sp³-hybridized carbons (Fsp3) is 0.333. The van der Waals surface area contributed by atoms with Crippen LogP contribution in [0.3, 0.4) is 0 Å². The van der Waals surface area contributed by atoms with E-state index in [0.717, 1.165) is 30.5 Å². The summed E-state index contributed by atoms with van der Waals surface area (Å²) in [5.74, 6) is 0. The number of carbonyl (C=O) groups excluding carboxylic acids is 1. The van der Waals surface area contributed by atoms with Gasteiger partial charge in [0.2, 0.25) is 0 Å². The number of aromatic nitrogens is 2. The Kier molecular flexibility index (Phi) is 7.40. The van der Waals surface area contributed by atoms with Crippen LogP contribution in [0, 0.1) is 0 Å². The zero-order valence-corrected chi connectivity index (χ0v) is 15.9. The van der Waals surface area contributed by atoms with Crippen LogP contribution in [0.4, 0.5) is 0 Å². The van der Waals surface area contributed by atoms with Gasteiger partial charge >= 0.3 is 0 Å². The predicted octanol–water partition coefficient (Wildman–Crippen LogP) is 5.95. The Labute approximate surface area is 162 Å². The normalized spacial score (nSPS) is 10.8. The Morgan fingerprint density at radius 1 is 0.778 bits per heavy atom. The minimum Gasteiger partial charge on any atom is -0.298 e. The summed E-state index contributed by atoms with van der Waals surface area (Å²) in [6.45, 7) is 0.873. The van der Waals surface area contributed by atoms with Crippen molar-refractivity contribution in [2.75, 3.05) is 0 Å². The molecule has 0 bridgehead atoms. The van der Waals surface area contributed by atoms with Crippen molar-refractivity contribution in [3.63, 3.8) is 0 Å². The number of carbonyl (C=O) groups is 1. The Hall–Kier alpha value is -2.68. The van der Waals surface area contributed by atoms with E-state index in [4.69, 9.17) is 0 Å². The lowest BCUT2D eigenvalue weighted by atomic mass is 10.1. The molecular weight excluding hydrogens is 332 g/mol. The van der Waals surface area contributed by atoms with Crippen LogP contribution in [0.25, 0.3) is 11.3 Å². The van der Waals surface area contributed by atoms with Gasteiger partial charge in [0.25, 0.3) is 0 Å². The summed E-state index contributed by atoms with van der Waals surface area (Å²) in [7, 11) is 0. The molecule has 0 unspecified atom stereocenters. The van der Waals surface area contributed by atoms with Gasteiger partial charge < -0.3 is 0 Å². The molecular formula is C24H28N2O. The van der Waals surface area contributed by atoms with Gasteiger partial charge in [-0.15, -0.1) is 0 Å². The highest BCUT2D eigenvalue weighted by atomic mass is 16.1. The molecule has 0 aliphatic carbocycles. The van der Waals surface area contributed by atoms with Gasteiger partial charge in [-0.1, -0.05) is 86.3 Å². The first-order chi connectivity index (χ1) is 13.4. The maximum absolute atomic E-state index is 11.3. The van der Waals surface area contributed by atoms with Crippen LogP contribution in [0.5, 0.6) is 0 Å². The molecule has 27 heavy (non-hydrogen) atoms. The first-order valence-corrected chi connectivity index (χ1v) is 9.99. The minimum absolute atomic E-state index is 0.669. The summed E-state index contributed by atoms with van der Waals surface area (Å²) in [4.78, 5) is 11.3. The van der Waals surface area contributed by atoms with Crippen molar-refractivity contribution in [3.8, 4) is 11.3 Å². The van der Waals surface area contributed by atoms with Crippen LogP contribution in [-0.2, 0) is 13.0 Å². The number of benzene rings is 2. The highest BCUT2D eigenvalue weighted by molar-refractivity contribution is 5.85. The van der Waals surface area contributed by atoms with Crippen molar-refractivity contribution in [1.82, 2.24) is 9.78 Å². The molecule has 1 aromatic heterocycles. The van der Waals surface area contributed by atoms with Gasteiger partial charge in [0.15, 0.2) is 6.29 Å². The second-order valence-corrected chi connectivity index (χ2v) is 7.04. The molecule has 3 aromatic rings. The van der Waals surface area contributed by atoms with E-state index in [1.54, 1.807) is 0 Å². The summed E-state index contributed by atoms with van der Waals surface area (Å²) in [6, 6.07) is 20.6. The maximum Gasteiger partial charge on any atom is 0.153 e. The van der Waals surface area contributed by atoms with Crippen molar-refractivity contribution in [1.29, 1.82) is 0 Å². The fourth-order valence-electron chi connectivity index (χ4n) is 3.41. The van der Waals surface area contributed by atoms with Crippen molar-refractivity contribution in [3.05, 3.63) is 78.0 Å². The molecule has 0 amide bonds.